The maximum Gasteiger partial charge on any atom is 0.185 e. The number of Topliss-reactive ketones (excluding diaryl/α,β-unsaturated/α-hetero) is 1. The average Bonchev–Trinajstić information content (AvgIpc) is 3.23. The monoisotopic (exact) mass is 499 g/mol. The van der Waals surface area contributed by atoms with Gasteiger partial charge in [-0.05, 0) is 47.0 Å². The van der Waals surface area contributed by atoms with Gasteiger partial charge in [-0.2, -0.15) is 10.5 Å². The van der Waals surface area contributed by atoms with Gasteiger partial charge in [-0.25, -0.2) is 0 Å². The van der Waals surface area contributed by atoms with E-state index in [2.05, 4.69) is 12.1 Å². The molecule has 0 aromatic heterocycles. The third-order valence-electron chi connectivity index (χ3n) is 7.73. The minimum atomic E-state index is -1.50. The third-order valence-corrected chi connectivity index (χ3v) is 7.97. The highest BCUT2D eigenvalue weighted by molar-refractivity contribution is 6.30. The highest BCUT2D eigenvalue weighted by atomic mass is 35.5. The van der Waals surface area contributed by atoms with E-state index in [1.807, 2.05) is 103 Å². The fourth-order valence-corrected chi connectivity index (χ4v) is 6.20. The number of rotatable bonds is 3. The molecule has 0 spiro atoms. The Morgan fingerprint density at radius 1 is 0.946 bits per heavy atom. The van der Waals surface area contributed by atoms with Crippen LogP contribution in [-0.2, 0) is 0 Å². The molecule has 2 aliphatic heterocycles. The van der Waals surface area contributed by atoms with Crippen molar-refractivity contribution in [1.29, 1.82) is 10.5 Å². The molecule has 0 radical (unpaired) electrons. The molecule has 0 aliphatic carbocycles. The molecule has 3 atom stereocenters. The Morgan fingerprint density at radius 2 is 1.68 bits per heavy atom. The number of ketones is 1. The summed E-state index contributed by atoms with van der Waals surface area (Å²) >= 11 is 6.31. The number of aryl methyl sites for hydroxylation is 1. The topological polar surface area (TPSA) is 67.9 Å². The van der Waals surface area contributed by atoms with Crippen molar-refractivity contribution in [2.45, 2.75) is 24.9 Å². The van der Waals surface area contributed by atoms with Crippen molar-refractivity contribution < 1.29 is 4.79 Å². The minimum Gasteiger partial charge on any atom is -0.351 e. The lowest BCUT2D eigenvalue weighted by Gasteiger charge is -2.35. The summed E-state index contributed by atoms with van der Waals surface area (Å²) in [5.41, 5.74) is 2.58. The van der Waals surface area contributed by atoms with Crippen LogP contribution in [0, 0.1) is 35.0 Å². The lowest BCUT2D eigenvalue weighted by atomic mass is 9.68. The Bertz CT molecular complexity index is 1660. The van der Waals surface area contributed by atoms with Gasteiger partial charge in [0.2, 0.25) is 0 Å². The summed E-state index contributed by atoms with van der Waals surface area (Å²) < 4.78 is 0. The van der Waals surface area contributed by atoms with Gasteiger partial charge in [-0.1, -0.05) is 96.0 Å². The fourth-order valence-electron chi connectivity index (χ4n) is 6.02. The molecule has 1 fully saturated rings. The van der Waals surface area contributed by atoms with Crippen molar-refractivity contribution >= 4 is 39.9 Å². The summed E-state index contributed by atoms with van der Waals surface area (Å²) in [4.78, 5) is 16.4. The first-order valence-electron chi connectivity index (χ1n) is 12.2. The second-order valence-electron chi connectivity index (χ2n) is 9.73. The molecule has 4 nitrogen and oxygen atoms in total. The summed E-state index contributed by atoms with van der Waals surface area (Å²) in [6.45, 7) is 1.98. The largest absolute Gasteiger partial charge is 0.351 e. The molecular weight excluding hydrogens is 478 g/mol. The van der Waals surface area contributed by atoms with E-state index in [0.717, 1.165) is 33.2 Å². The molecule has 0 bridgehead atoms. The van der Waals surface area contributed by atoms with E-state index in [9.17, 15) is 15.3 Å². The Kier molecular flexibility index (Phi) is 5.37. The van der Waals surface area contributed by atoms with Gasteiger partial charge in [0.1, 0.15) is 6.04 Å². The van der Waals surface area contributed by atoms with Crippen LogP contribution in [0.2, 0.25) is 5.02 Å². The first kappa shape index (κ1) is 23.0. The Balaban J connectivity index is 1.67. The summed E-state index contributed by atoms with van der Waals surface area (Å²) in [5, 5.41) is 23.9. The Labute approximate surface area is 220 Å². The molecule has 178 valence electrons. The molecule has 0 amide bonds. The summed E-state index contributed by atoms with van der Waals surface area (Å²) in [5.74, 6) is -0.815. The molecule has 5 heteroatoms. The predicted molar refractivity (Wildman–Crippen MR) is 146 cm³/mol. The van der Waals surface area contributed by atoms with Crippen LogP contribution in [0.1, 0.15) is 33.0 Å². The molecular formula is C32H22ClN3O. The number of hydrogen-bond donors (Lipinski definition) is 0. The van der Waals surface area contributed by atoms with Crippen LogP contribution >= 0.6 is 11.6 Å². The van der Waals surface area contributed by atoms with Crippen LogP contribution in [0.4, 0.5) is 5.69 Å². The fraction of sp³-hybridized carbons (Fsp3) is 0.156. The highest BCUT2D eigenvalue weighted by Crippen LogP contribution is 2.56. The van der Waals surface area contributed by atoms with Gasteiger partial charge in [0, 0.05) is 22.2 Å². The van der Waals surface area contributed by atoms with Crippen LogP contribution in [0.5, 0.6) is 0 Å². The number of fused-ring (bicyclic) bond motifs is 4. The zero-order valence-electron chi connectivity index (χ0n) is 20.1. The first-order valence-corrected chi connectivity index (χ1v) is 12.5. The van der Waals surface area contributed by atoms with Crippen molar-refractivity contribution in [1.82, 2.24) is 0 Å². The number of nitriles is 2. The van der Waals surface area contributed by atoms with E-state index in [1.54, 1.807) is 6.07 Å². The van der Waals surface area contributed by atoms with Crippen molar-refractivity contribution in [3.8, 4) is 12.1 Å². The average molecular weight is 500 g/mol. The molecule has 2 aliphatic rings. The Hall–Kier alpha value is -4.38. The van der Waals surface area contributed by atoms with Crippen LogP contribution in [0.25, 0.3) is 16.8 Å². The van der Waals surface area contributed by atoms with Gasteiger partial charge in [0.05, 0.1) is 18.2 Å². The summed E-state index contributed by atoms with van der Waals surface area (Å²) in [7, 11) is 0. The number of nitrogens with zero attached hydrogens (tertiary/aromatic N) is 3. The van der Waals surface area contributed by atoms with Crippen LogP contribution in [0.15, 0.2) is 91.0 Å². The SMILES string of the molecule is Cc1ccc(C(=O)C2C(c3cccc4ccccc34)C(C#N)(C#N)C3C=Cc4cc(Cl)ccc4N23)cc1. The lowest BCUT2D eigenvalue weighted by Crippen LogP contribution is -2.44. The molecule has 6 rings (SSSR count). The van der Waals surface area contributed by atoms with Gasteiger partial charge in [-0.3, -0.25) is 4.79 Å². The van der Waals surface area contributed by atoms with Crippen molar-refractivity contribution in [3.63, 3.8) is 0 Å². The molecule has 4 aromatic carbocycles. The number of benzene rings is 4. The van der Waals surface area contributed by atoms with Gasteiger partial charge in [0.25, 0.3) is 0 Å². The van der Waals surface area contributed by atoms with E-state index in [0.29, 0.717) is 10.6 Å². The summed E-state index contributed by atoms with van der Waals surface area (Å²) in [6.07, 6.45) is 3.79. The molecule has 4 aromatic rings. The quantitative estimate of drug-likeness (QED) is 0.282. The molecule has 37 heavy (non-hydrogen) atoms. The summed E-state index contributed by atoms with van der Waals surface area (Å²) in [6, 6.07) is 30.2. The smallest absolute Gasteiger partial charge is 0.185 e. The number of hydrogen-bond acceptors (Lipinski definition) is 4. The normalized spacial score (nSPS) is 21.1. The zero-order valence-corrected chi connectivity index (χ0v) is 20.9. The van der Waals surface area contributed by atoms with Gasteiger partial charge < -0.3 is 4.90 Å². The molecule has 3 unspecified atom stereocenters. The standard InChI is InChI=1S/C32H22ClN3O/c1-20-9-11-22(12-10-20)31(37)30-29(26-8-4-6-21-5-2-3-7-25(21)26)32(18-34,19-35)28-16-13-23-17-24(33)14-15-27(23)36(28)30/h2-17,28-30H,1H3. The van der Waals surface area contributed by atoms with Gasteiger partial charge >= 0.3 is 0 Å². The van der Waals surface area contributed by atoms with Crippen molar-refractivity contribution in [2.75, 3.05) is 4.90 Å². The van der Waals surface area contributed by atoms with E-state index < -0.39 is 23.4 Å². The third kappa shape index (κ3) is 3.38. The first-order chi connectivity index (χ1) is 18.0. The van der Waals surface area contributed by atoms with Crippen LogP contribution in [0.3, 0.4) is 0 Å². The Morgan fingerprint density at radius 3 is 2.43 bits per heavy atom. The van der Waals surface area contributed by atoms with E-state index in [4.69, 9.17) is 11.6 Å². The number of carbonyl (C=O) groups excluding carboxylic acids is 1. The number of anilines is 1. The molecule has 2 heterocycles. The molecule has 0 saturated carbocycles. The van der Waals surface area contributed by atoms with E-state index in [-0.39, 0.29) is 5.78 Å². The zero-order chi connectivity index (χ0) is 25.7. The van der Waals surface area contributed by atoms with Crippen LogP contribution in [-0.4, -0.2) is 17.9 Å². The predicted octanol–water partition coefficient (Wildman–Crippen LogP) is 7.09. The maximum atomic E-state index is 14.4. The molecule has 0 N–H and O–H groups in total. The van der Waals surface area contributed by atoms with Gasteiger partial charge in [-0.15, -0.1) is 0 Å². The second kappa shape index (κ2) is 8.63. The maximum absolute atomic E-state index is 14.4. The lowest BCUT2D eigenvalue weighted by molar-refractivity contribution is 0.0951. The number of carbonyl (C=O) groups is 1. The van der Waals surface area contributed by atoms with Gasteiger partial charge in [0.15, 0.2) is 11.2 Å². The van der Waals surface area contributed by atoms with Crippen molar-refractivity contribution in [3.05, 3.63) is 118 Å². The van der Waals surface area contributed by atoms with E-state index >= 15 is 0 Å². The highest BCUT2D eigenvalue weighted by Gasteiger charge is 2.63. The minimum absolute atomic E-state index is 0.119. The van der Waals surface area contributed by atoms with E-state index in [1.165, 1.54) is 0 Å². The number of halogens is 1. The van der Waals surface area contributed by atoms with Crippen molar-refractivity contribution in [2.24, 2.45) is 5.41 Å². The van der Waals surface area contributed by atoms with Crippen LogP contribution < -0.4 is 4.90 Å². The second-order valence-corrected chi connectivity index (χ2v) is 10.2. The molecule has 1 saturated heterocycles.